The zero-order chi connectivity index (χ0) is 22.3. The summed E-state index contributed by atoms with van der Waals surface area (Å²) in [6.07, 6.45) is 0.996. The molecule has 0 spiro atoms. The van der Waals surface area contributed by atoms with Crippen LogP contribution in [0.3, 0.4) is 0 Å². The van der Waals surface area contributed by atoms with Gasteiger partial charge < -0.3 is 0 Å². The van der Waals surface area contributed by atoms with E-state index in [0.29, 0.717) is 5.66 Å². The molecule has 0 amide bonds. The van der Waals surface area contributed by atoms with Gasteiger partial charge in [0.25, 0.3) is 0 Å². The maximum atomic E-state index is 2.35. The first-order valence-electron chi connectivity index (χ1n) is 11.6. The monoisotopic (exact) mass is 444 g/mol. The molecule has 5 aromatic carbocycles. The van der Waals surface area contributed by atoms with E-state index >= 15 is 0 Å². The Morgan fingerprint density at radius 3 is 1.12 bits per heavy atom. The van der Waals surface area contributed by atoms with E-state index in [-0.39, 0.29) is 0 Å². The molecule has 0 saturated carbocycles. The van der Waals surface area contributed by atoms with Gasteiger partial charge in [-0.25, -0.2) is 0 Å². The Morgan fingerprint density at radius 1 is 0.394 bits per heavy atom. The van der Waals surface area contributed by atoms with E-state index in [1.165, 1.54) is 27.0 Å². The molecule has 0 bridgehead atoms. The normalized spacial score (nSPS) is 12.7. The summed E-state index contributed by atoms with van der Waals surface area (Å²) in [5.74, 6) is 0. The van der Waals surface area contributed by atoms with E-state index in [1.807, 2.05) is 0 Å². The van der Waals surface area contributed by atoms with E-state index in [4.69, 9.17) is 0 Å². The third-order valence-electron chi connectivity index (χ3n) is 6.69. The topological polar surface area (TPSA) is 0 Å². The van der Waals surface area contributed by atoms with Crippen molar-refractivity contribution in [2.75, 3.05) is 0 Å². The molecule has 0 radical (unpaired) electrons. The Bertz CT molecular complexity index is 1150. The van der Waals surface area contributed by atoms with Gasteiger partial charge in [-0.15, -0.1) is 0 Å². The van der Waals surface area contributed by atoms with Crippen molar-refractivity contribution in [1.29, 1.82) is 0 Å². The average molecular weight is 445 g/mol. The van der Waals surface area contributed by atoms with E-state index in [2.05, 4.69) is 152 Å². The molecule has 33 heavy (non-hydrogen) atoms. The molecule has 0 aromatic heterocycles. The summed E-state index contributed by atoms with van der Waals surface area (Å²) in [7, 11) is -2.48. The summed E-state index contributed by atoms with van der Waals surface area (Å²) in [6, 6.07) is 55.9. The second kappa shape index (κ2) is 9.99. The Morgan fingerprint density at radius 2 is 0.727 bits per heavy atom. The quantitative estimate of drug-likeness (QED) is 0.245. The molecule has 1 atom stereocenters. The Hall–Kier alpha value is -3.47. The van der Waals surface area contributed by atoms with Crippen LogP contribution in [-0.4, -0.2) is 0 Å². The van der Waals surface area contributed by atoms with Gasteiger partial charge in [0.1, 0.15) is 0 Å². The van der Waals surface area contributed by atoms with Crippen LogP contribution in [0.4, 0.5) is 0 Å². The van der Waals surface area contributed by atoms with Gasteiger partial charge in [-0.1, -0.05) is 0 Å². The Balaban J connectivity index is 1.86. The number of hydrogen-bond donors (Lipinski definition) is 0. The van der Waals surface area contributed by atoms with Crippen LogP contribution in [-0.2, 0) is 6.42 Å². The molecular formula is C32H29P. The predicted octanol–water partition coefficient (Wildman–Crippen LogP) is 6.70. The first kappa shape index (κ1) is 21.4. The van der Waals surface area contributed by atoms with Crippen LogP contribution in [0.5, 0.6) is 0 Å². The first-order chi connectivity index (χ1) is 16.4. The fourth-order valence-electron chi connectivity index (χ4n) is 5.26. The summed E-state index contributed by atoms with van der Waals surface area (Å²) in [4.78, 5) is 0. The van der Waals surface area contributed by atoms with Gasteiger partial charge in [0.05, 0.1) is 0 Å². The number of hydrogen-bond acceptors (Lipinski definition) is 0. The van der Waals surface area contributed by atoms with Crippen LogP contribution >= 0.6 is 7.26 Å². The van der Waals surface area contributed by atoms with Gasteiger partial charge in [-0.2, -0.15) is 0 Å². The summed E-state index contributed by atoms with van der Waals surface area (Å²) < 4.78 is 0. The molecule has 0 aliphatic carbocycles. The Kier molecular flexibility index (Phi) is 6.47. The van der Waals surface area contributed by atoms with Gasteiger partial charge in [0.15, 0.2) is 0 Å². The zero-order valence-corrected chi connectivity index (χ0v) is 19.7. The van der Waals surface area contributed by atoms with Crippen LogP contribution in [0, 0.1) is 0 Å². The number of benzene rings is 5. The van der Waals surface area contributed by atoms with Crippen molar-refractivity contribution in [2.45, 2.75) is 12.1 Å². The minimum absolute atomic E-state index is 0.341. The molecule has 5 aromatic rings. The van der Waals surface area contributed by atoms with E-state index in [9.17, 15) is 0 Å². The van der Waals surface area contributed by atoms with Gasteiger partial charge >= 0.3 is 198 Å². The zero-order valence-electron chi connectivity index (χ0n) is 18.7. The SMILES string of the molecule is c1ccc(CC(c2ccccc2)[PH](c2ccccc2)(c2ccccc2)c2ccccc2)cc1. The van der Waals surface area contributed by atoms with Crippen LogP contribution in [0.2, 0.25) is 0 Å². The van der Waals surface area contributed by atoms with E-state index in [1.54, 1.807) is 0 Å². The fourth-order valence-corrected chi connectivity index (χ4v) is 10.9. The summed E-state index contributed by atoms with van der Waals surface area (Å²) in [6.45, 7) is 0. The van der Waals surface area contributed by atoms with Gasteiger partial charge in [0.2, 0.25) is 0 Å². The average Bonchev–Trinajstić information content (AvgIpc) is 2.91. The van der Waals surface area contributed by atoms with Crippen LogP contribution in [0.25, 0.3) is 0 Å². The van der Waals surface area contributed by atoms with Crippen LogP contribution in [0.15, 0.2) is 152 Å². The van der Waals surface area contributed by atoms with Crippen molar-refractivity contribution in [3.05, 3.63) is 163 Å². The third-order valence-corrected chi connectivity index (χ3v) is 12.0. The third kappa shape index (κ3) is 4.28. The molecule has 1 heteroatoms. The van der Waals surface area contributed by atoms with Crippen molar-refractivity contribution in [3.8, 4) is 0 Å². The molecule has 0 N–H and O–H groups in total. The summed E-state index contributed by atoms with van der Waals surface area (Å²) >= 11 is 0. The minimum atomic E-state index is -2.48. The molecule has 0 saturated heterocycles. The van der Waals surface area contributed by atoms with E-state index < -0.39 is 7.26 Å². The summed E-state index contributed by atoms with van der Waals surface area (Å²) in [5, 5.41) is 4.35. The maximum absolute atomic E-state index is 2.48. The predicted molar refractivity (Wildman–Crippen MR) is 146 cm³/mol. The molecule has 0 aliphatic heterocycles. The van der Waals surface area contributed by atoms with Crippen molar-refractivity contribution in [3.63, 3.8) is 0 Å². The van der Waals surface area contributed by atoms with Gasteiger partial charge in [0, 0.05) is 0 Å². The van der Waals surface area contributed by atoms with Crippen molar-refractivity contribution in [1.82, 2.24) is 0 Å². The van der Waals surface area contributed by atoms with Gasteiger partial charge in [-0.05, 0) is 0 Å². The second-order valence-corrected chi connectivity index (χ2v) is 12.6. The standard InChI is InChI=1S/C32H29P/c1-6-16-27(17-7-1)26-32(28-18-8-2-9-19-28)33(29-20-10-3-11-21-29,30-22-12-4-13-23-30)31-24-14-5-15-25-31/h1-25,32-33H,26H2. The van der Waals surface area contributed by atoms with Gasteiger partial charge in [-0.3, -0.25) is 0 Å². The van der Waals surface area contributed by atoms with E-state index in [0.717, 1.165) is 6.42 Å². The molecule has 162 valence electrons. The van der Waals surface area contributed by atoms with Crippen molar-refractivity contribution in [2.24, 2.45) is 0 Å². The van der Waals surface area contributed by atoms with Crippen LogP contribution in [0.1, 0.15) is 16.8 Å². The second-order valence-electron chi connectivity index (χ2n) is 8.56. The van der Waals surface area contributed by atoms with Crippen molar-refractivity contribution >= 4 is 23.2 Å². The van der Waals surface area contributed by atoms with Crippen molar-refractivity contribution < 1.29 is 0 Å². The molecule has 0 aliphatic rings. The number of rotatable bonds is 7. The molecular weight excluding hydrogens is 415 g/mol. The molecule has 5 rings (SSSR count). The summed E-state index contributed by atoms with van der Waals surface area (Å²) in [5.41, 5.74) is 3.13. The fraction of sp³-hybridized carbons (Fsp3) is 0.0625. The molecule has 0 heterocycles. The molecule has 0 fully saturated rings. The first-order valence-corrected chi connectivity index (χ1v) is 13.7. The molecule has 1 unspecified atom stereocenters. The molecule has 0 nitrogen and oxygen atoms in total. The van der Waals surface area contributed by atoms with Crippen LogP contribution < -0.4 is 15.9 Å². The Labute approximate surface area is 197 Å².